The van der Waals surface area contributed by atoms with Crippen LogP contribution in [0.2, 0.25) is 0 Å². The lowest BCUT2D eigenvalue weighted by atomic mass is 10.0. The number of fused-ring (bicyclic) bond motifs is 1. The number of nitriles is 1. The molecule has 0 saturated carbocycles. The Morgan fingerprint density at radius 2 is 2.31 bits per heavy atom. The Kier molecular flexibility index (Phi) is 6.83. The number of allylic oxidation sites excluding steroid dienone is 1. The van der Waals surface area contributed by atoms with Gasteiger partial charge < -0.3 is 10.4 Å². The van der Waals surface area contributed by atoms with Gasteiger partial charge in [0.2, 0.25) is 11.1 Å². The fraction of sp³-hybridized carbons (Fsp3) is 0.400. The number of carbonyl (C=O) groups is 3. The lowest BCUT2D eigenvalue weighted by molar-refractivity contribution is -0.150. The number of β-lactam (4-membered cyclic amide) rings is 1. The average molecular weight is 454 g/mol. The molecule has 14 heteroatoms. The van der Waals surface area contributed by atoms with Crippen molar-refractivity contribution in [2.45, 2.75) is 16.6 Å². The van der Waals surface area contributed by atoms with Crippen molar-refractivity contribution in [3.05, 3.63) is 22.8 Å². The lowest BCUT2D eigenvalue weighted by Gasteiger charge is -2.49. The van der Waals surface area contributed by atoms with Gasteiger partial charge in [0.15, 0.2) is 0 Å². The number of nitrogens with one attached hydrogen (secondary N) is 1. The third kappa shape index (κ3) is 4.57. The van der Waals surface area contributed by atoms with Crippen LogP contribution in [0.15, 0.2) is 27.9 Å². The maximum Gasteiger partial charge on any atom is 0.352 e. The quantitative estimate of drug-likeness (QED) is 0.306. The molecule has 29 heavy (non-hydrogen) atoms. The highest BCUT2D eigenvalue weighted by Crippen LogP contribution is 2.41. The van der Waals surface area contributed by atoms with Crippen LogP contribution < -0.4 is 5.32 Å². The van der Waals surface area contributed by atoms with Gasteiger partial charge in [-0.15, -0.1) is 28.6 Å². The third-order valence-electron chi connectivity index (χ3n) is 3.98. The predicted octanol–water partition coefficient (Wildman–Crippen LogP) is -0.189. The fourth-order valence-electron chi connectivity index (χ4n) is 2.71. The monoisotopic (exact) mass is 453 g/mol. The molecule has 2 aliphatic rings. The minimum atomic E-state index is -1.18. The summed E-state index contributed by atoms with van der Waals surface area (Å²) in [4.78, 5) is 37.6. The number of aryl methyl sites for hydroxylation is 1. The Balaban J connectivity index is 1.65. The molecule has 11 nitrogen and oxygen atoms in total. The minimum absolute atomic E-state index is 0.0433. The number of nitrogens with zero attached hydrogens (tertiary/aromatic N) is 6. The molecule has 1 aromatic heterocycles. The number of carbonyl (C=O) groups excluding carboxylic acids is 2. The number of thioether (sulfide) groups is 3. The van der Waals surface area contributed by atoms with Crippen LogP contribution in [-0.2, 0) is 21.4 Å². The second-order valence-electron chi connectivity index (χ2n) is 5.83. The maximum atomic E-state index is 12.5. The van der Waals surface area contributed by atoms with E-state index in [1.165, 1.54) is 44.6 Å². The van der Waals surface area contributed by atoms with Gasteiger partial charge in [-0.2, -0.15) is 5.26 Å². The van der Waals surface area contributed by atoms with E-state index < -0.39 is 23.3 Å². The molecule has 3 rings (SSSR count). The second kappa shape index (κ2) is 9.33. The van der Waals surface area contributed by atoms with Gasteiger partial charge in [0.25, 0.3) is 5.91 Å². The summed E-state index contributed by atoms with van der Waals surface area (Å²) in [7, 11) is 1.68. The first-order chi connectivity index (χ1) is 13.9. The third-order valence-corrected chi connectivity index (χ3v) is 7.17. The van der Waals surface area contributed by atoms with E-state index in [-0.39, 0.29) is 17.4 Å². The van der Waals surface area contributed by atoms with Crippen molar-refractivity contribution >= 4 is 53.1 Å². The number of hydrogen-bond donors (Lipinski definition) is 2. The van der Waals surface area contributed by atoms with Crippen LogP contribution in [-0.4, -0.2) is 76.7 Å². The summed E-state index contributed by atoms with van der Waals surface area (Å²) < 4.78 is 1.48. The molecule has 0 aromatic carbocycles. The summed E-state index contributed by atoms with van der Waals surface area (Å²) in [5.41, 5.74) is 0.556. The van der Waals surface area contributed by atoms with E-state index in [4.69, 9.17) is 5.26 Å². The number of carboxylic acid groups (broad SMARTS) is 1. The Morgan fingerprint density at radius 1 is 1.52 bits per heavy atom. The maximum absolute atomic E-state index is 12.5. The molecular weight excluding hydrogens is 438 g/mol. The van der Waals surface area contributed by atoms with Gasteiger partial charge in [-0.05, 0) is 21.4 Å². The summed E-state index contributed by atoms with van der Waals surface area (Å²) in [6, 6.07) is 1.05. The van der Waals surface area contributed by atoms with Gasteiger partial charge in [-0.1, -0.05) is 11.8 Å². The van der Waals surface area contributed by atoms with Gasteiger partial charge in [0.05, 0.1) is 11.8 Å². The first-order valence-corrected chi connectivity index (χ1v) is 11.2. The van der Waals surface area contributed by atoms with E-state index in [2.05, 4.69) is 20.8 Å². The van der Waals surface area contributed by atoms with Crippen LogP contribution in [0.4, 0.5) is 0 Å². The number of hydrogen-bond acceptors (Lipinski definition) is 10. The van der Waals surface area contributed by atoms with Crippen molar-refractivity contribution in [1.82, 2.24) is 30.4 Å². The van der Waals surface area contributed by atoms with E-state index in [0.717, 1.165) is 11.8 Å². The van der Waals surface area contributed by atoms with Crippen molar-refractivity contribution in [1.29, 1.82) is 5.26 Å². The molecule has 0 unspecified atom stereocenters. The topological polar surface area (TPSA) is 154 Å². The summed E-state index contributed by atoms with van der Waals surface area (Å²) >= 11 is 3.82. The number of tetrazole rings is 1. The molecule has 1 saturated heterocycles. The largest absolute Gasteiger partial charge is 0.477 e. The normalized spacial score (nSPS) is 21.0. The highest BCUT2D eigenvalue weighted by atomic mass is 32.2. The molecule has 0 bridgehead atoms. The Hall–Kier alpha value is -2.50. The first kappa shape index (κ1) is 21.2. The van der Waals surface area contributed by atoms with E-state index in [9.17, 15) is 19.5 Å². The van der Waals surface area contributed by atoms with Gasteiger partial charge >= 0.3 is 5.97 Å². The molecule has 1 fully saturated rings. The molecule has 0 spiro atoms. The smallest absolute Gasteiger partial charge is 0.352 e. The zero-order valence-corrected chi connectivity index (χ0v) is 17.5. The number of rotatable bonds is 8. The van der Waals surface area contributed by atoms with Crippen LogP contribution in [0.3, 0.4) is 0 Å². The van der Waals surface area contributed by atoms with Crippen LogP contribution in [0.1, 0.15) is 0 Å². The van der Waals surface area contributed by atoms with Gasteiger partial charge in [-0.25, -0.2) is 9.48 Å². The van der Waals surface area contributed by atoms with Crippen LogP contribution in [0, 0.1) is 11.3 Å². The zero-order chi connectivity index (χ0) is 21.0. The second-order valence-corrected chi connectivity index (χ2v) is 8.77. The van der Waals surface area contributed by atoms with E-state index in [1.54, 1.807) is 7.05 Å². The Bertz CT molecular complexity index is 939. The SMILES string of the molecule is Cn1nnnc1SCC1=C(C(=O)O)N2C(=O)[C@@H](NC(=O)CS/C=C/C#N)[C@H]2SC1. The highest BCUT2D eigenvalue weighted by molar-refractivity contribution is 8.02. The standard InChI is InChI=1S/C15H15N7O4S3/c1-21-15(18-19-20-21)29-6-8-5-28-13-10(12(24)22(13)11(8)14(25)26)17-9(23)7-27-4-2-3-16/h2,4,10,13H,5-7H2,1H3,(H,17,23)(H,25,26)/b4-2+/t10-,13-/m1/s1. The zero-order valence-electron chi connectivity index (χ0n) is 15.0. The van der Waals surface area contributed by atoms with Crippen LogP contribution >= 0.6 is 35.3 Å². The molecule has 0 aliphatic carbocycles. The van der Waals surface area contributed by atoms with Crippen molar-refractivity contribution < 1.29 is 19.5 Å². The Morgan fingerprint density at radius 3 is 2.97 bits per heavy atom. The van der Waals surface area contributed by atoms with Gasteiger partial charge in [-0.3, -0.25) is 14.5 Å². The van der Waals surface area contributed by atoms with Crippen molar-refractivity contribution in [2.24, 2.45) is 7.05 Å². The molecule has 2 aliphatic heterocycles. The summed E-state index contributed by atoms with van der Waals surface area (Å²) in [5.74, 6) is -1.17. The molecular formula is C15H15N7O4S3. The van der Waals surface area contributed by atoms with E-state index in [1.807, 2.05) is 6.07 Å². The highest BCUT2D eigenvalue weighted by Gasteiger charge is 2.54. The van der Waals surface area contributed by atoms with Crippen LogP contribution in [0.25, 0.3) is 0 Å². The number of aliphatic carboxylic acids is 1. The summed E-state index contributed by atoms with van der Waals surface area (Å²) in [5, 5.41) is 33.4. The molecule has 2 amide bonds. The predicted molar refractivity (Wildman–Crippen MR) is 106 cm³/mol. The fourth-order valence-corrected chi connectivity index (χ4v) is 5.53. The molecule has 3 heterocycles. The van der Waals surface area contributed by atoms with E-state index >= 15 is 0 Å². The van der Waals surface area contributed by atoms with Crippen LogP contribution in [0.5, 0.6) is 0 Å². The van der Waals surface area contributed by atoms with Gasteiger partial charge in [0.1, 0.15) is 17.1 Å². The number of carboxylic acids is 1. The molecule has 2 N–H and O–H groups in total. The molecule has 152 valence electrons. The first-order valence-electron chi connectivity index (χ1n) is 8.14. The minimum Gasteiger partial charge on any atom is -0.477 e. The summed E-state index contributed by atoms with van der Waals surface area (Å²) in [6.07, 6.45) is 1.26. The average Bonchev–Trinajstić information content (AvgIpc) is 3.11. The van der Waals surface area contributed by atoms with Crippen molar-refractivity contribution in [3.8, 4) is 6.07 Å². The van der Waals surface area contributed by atoms with Gasteiger partial charge in [0, 0.05) is 24.6 Å². The van der Waals surface area contributed by atoms with Crippen molar-refractivity contribution in [3.63, 3.8) is 0 Å². The summed E-state index contributed by atoms with van der Waals surface area (Å²) in [6.45, 7) is 0. The number of aromatic nitrogens is 4. The van der Waals surface area contributed by atoms with E-state index in [0.29, 0.717) is 22.2 Å². The molecule has 1 aromatic rings. The van der Waals surface area contributed by atoms with Crippen molar-refractivity contribution in [2.75, 3.05) is 17.3 Å². The molecule has 2 atom stereocenters. The Labute approximate surface area is 177 Å². The number of amides is 2. The molecule has 0 radical (unpaired) electrons. The lowest BCUT2D eigenvalue weighted by Crippen LogP contribution is -2.70.